The summed E-state index contributed by atoms with van der Waals surface area (Å²) in [4.78, 5) is 21.7. The average molecular weight is 351 g/mol. The predicted molar refractivity (Wildman–Crippen MR) is 81.4 cm³/mol. The van der Waals surface area contributed by atoms with Crippen LogP contribution in [0, 0.1) is 10.1 Å². The Labute approximate surface area is 129 Å². The van der Waals surface area contributed by atoms with Gasteiger partial charge in [0.15, 0.2) is 6.61 Å². The highest BCUT2D eigenvalue weighted by molar-refractivity contribution is 9.10. The van der Waals surface area contributed by atoms with E-state index >= 15 is 0 Å². The van der Waals surface area contributed by atoms with Gasteiger partial charge in [0.2, 0.25) is 0 Å². The number of ether oxygens (including phenoxy) is 1. The fraction of sp³-hybridized carbons (Fsp3) is 0.0714. The molecule has 0 spiro atoms. The Kier molecular flexibility index (Phi) is 4.89. The van der Waals surface area contributed by atoms with Crippen LogP contribution in [0.5, 0.6) is 5.75 Å². The van der Waals surface area contributed by atoms with Gasteiger partial charge in [-0.2, -0.15) is 0 Å². The molecule has 2 aromatic carbocycles. The number of halogens is 1. The van der Waals surface area contributed by atoms with Gasteiger partial charge in [-0.25, -0.2) is 0 Å². The number of non-ortho nitro benzene ring substituents is 1. The van der Waals surface area contributed by atoms with Gasteiger partial charge in [-0.1, -0.05) is 22.0 Å². The largest absolute Gasteiger partial charge is 0.484 e. The maximum Gasteiger partial charge on any atom is 0.269 e. The summed E-state index contributed by atoms with van der Waals surface area (Å²) in [5, 5.41) is 13.2. The highest BCUT2D eigenvalue weighted by Crippen LogP contribution is 2.18. The van der Waals surface area contributed by atoms with Gasteiger partial charge in [0.25, 0.3) is 11.6 Å². The van der Waals surface area contributed by atoms with E-state index in [4.69, 9.17) is 4.74 Å². The van der Waals surface area contributed by atoms with Gasteiger partial charge in [-0.3, -0.25) is 14.9 Å². The summed E-state index contributed by atoms with van der Waals surface area (Å²) < 4.78 is 6.12. The average Bonchev–Trinajstić information content (AvgIpc) is 2.45. The molecule has 1 N–H and O–H groups in total. The van der Waals surface area contributed by atoms with Crippen LogP contribution < -0.4 is 10.1 Å². The van der Waals surface area contributed by atoms with Gasteiger partial charge < -0.3 is 10.1 Å². The van der Waals surface area contributed by atoms with Crippen molar-refractivity contribution in [1.29, 1.82) is 0 Å². The highest BCUT2D eigenvalue weighted by Gasteiger charge is 2.07. The molecule has 0 unspecified atom stereocenters. The standard InChI is InChI=1S/C14H11BrN2O4/c15-10-2-1-3-11(8-10)16-14(18)9-21-13-6-4-12(5-7-13)17(19)20/h1-8H,9H2,(H,16,18). The number of nitrogens with one attached hydrogen (secondary N) is 1. The first-order valence-corrected chi connectivity index (χ1v) is 6.76. The first kappa shape index (κ1) is 15.0. The van der Waals surface area contributed by atoms with Crippen LogP contribution >= 0.6 is 15.9 Å². The normalized spacial score (nSPS) is 9.95. The summed E-state index contributed by atoms with van der Waals surface area (Å²) in [5.41, 5.74) is 0.627. The molecule has 108 valence electrons. The Morgan fingerprint density at radius 2 is 1.95 bits per heavy atom. The Balaban J connectivity index is 1.87. The molecule has 0 heterocycles. The summed E-state index contributed by atoms with van der Waals surface area (Å²) in [6.07, 6.45) is 0. The number of hydrogen-bond donors (Lipinski definition) is 1. The van der Waals surface area contributed by atoms with Crippen molar-refractivity contribution in [1.82, 2.24) is 0 Å². The molecule has 0 aliphatic carbocycles. The van der Waals surface area contributed by atoms with E-state index in [-0.39, 0.29) is 18.2 Å². The SMILES string of the molecule is O=C(COc1ccc([N+](=O)[O-])cc1)Nc1cccc(Br)c1. The van der Waals surface area contributed by atoms with Crippen molar-refractivity contribution in [2.75, 3.05) is 11.9 Å². The van der Waals surface area contributed by atoms with Crippen molar-refractivity contribution in [3.05, 3.63) is 63.1 Å². The van der Waals surface area contributed by atoms with Gasteiger partial charge in [0, 0.05) is 22.3 Å². The first-order chi connectivity index (χ1) is 10.0. The van der Waals surface area contributed by atoms with Gasteiger partial charge in [-0.15, -0.1) is 0 Å². The van der Waals surface area contributed by atoms with Crippen LogP contribution in [0.1, 0.15) is 0 Å². The molecule has 0 radical (unpaired) electrons. The second-order valence-electron chi connectivity index (χ2n) is 4.10. The third-order valence-electron chi connectivity index (χ3n) is 2.53. The van der Waals surface area contributed by atoms with E-state index in [0.717, 1.165) is 4.47 Å². The van der Waals surface area contributed by atoms with E-state index in [1.165, 1.54) is 24.3 Å². The van der Waals surface area contributed by atoms with Crippen LogP contribution in [0.25, 0.3) is 0 Å². The maximum absolute atomic E-state index is 11.7. The molecular weight excluding hydrogens is 340 g/mol. The summed E-state index contributed by atoms with van der Waals surface area (Å²) in [5.74, 6) is 0.0800. The lowest BCUT2D eigenvalue weighted by molar-refractivity contribution is -0.384. The number of carbonyl (C=O) groups is 1. The van der Waals surface area contributed by atoms with Crippen molar-refractivity contribution in [3.8, 4) is 5.75 Å². The number of amides is 1. The number of nitrogens with zero attached hydrogens (tertiary/aromatic N) is 1. The molecule has 0 saturated heterocycles. The Bertz CT molecular complexity index is 658. The minimum Gasteiger partial charge on any atom is -0.484 e. The zero-order valence-electron chi connectivity index (χ0n) is 10.8. The zero-order chi connectivity index (χ0) is 15.2. The molecule has 7 heteroatoms. The fourth-order valence-corrected chi connectivity index (χ4v) is 1.98. The summed E-state index contributed by atoms with van der Waals surface area (Å²) in [6.45, 7) is -0.176. The van der Waals surface area contributed by atoms with Crippen molar-refractivity contribution in [2.45, 2.75) is 0 Å². The van der Waals surface area contributed by atoms with Crippen LogP contribution in [0.3, 0.4) is 0 Å². The molecule has 6 nitrogen and oxygen atoms in total. The minimum absolute atomic E-state index is 0.0269. The second-order valence-corrected chi connectivity index (χ2v) is 5.01. The monoisotopic (exact) mass is 350 g/mol. The molecule has 2 rings (SSSR count). The van der Waals surface area contributed by atoms with E-state index < -0.39 is 4.92 Å². The van der Waals surface area contributed by atoms with Crippen LogP contribution in [-0.2, 0) is 4.79 Å². The van der Waals surface area contributed by atoms with Crippen LogP contribution in [-0.4, -0.2) is 17.4 Å². The first-order valence-electron chi connectivity index (χ1n) is 5.97. The third kappa shape index (κ3) is 4.57. The van der Waals surface area contributed by atoms with Gasteiger partial charge in [0.1, 0.15) is 5.75 Å². The number of rotatable bonds is 5. The summed E-state index contributed by atoms with van der Waals surface area (Å²) in [6, 6.07) is 12.7. The Morgan fingerprint density at radius 1 is 1.24 bits per heavy atom. The molecule has 0 aliphatic heterocycles. The molecule has 0 aromatic heterocycles. The maximum atomic E-state index is 11.7. The zero-order valence-corrected chi connectivity index (χ0v) is 12.4. The number of nitro groups is 1. The Morgan fingerprint density at radius 3 is 2.57 bits per heavy atom. The molecule has 0 bridgehead atoms. The Hall–Kier alpha value is -2.41. The second kappa shape index (κ2) is 6.85. The van der Waals surface area contributed by atoms with E-state index in [0.29, 0.717) is 11.4 Å². The molecule has 0 atom stereocenters. The predicted octanol–water partition coefficient (Wildman–Crippen LogP) is 3.37. The summed E-state index contributed by atoms with van der Waals surface area (Å²) >= 11 is 3.31. The number of benzene rings is 2. The molecule has 21 heavy (non-hydrogen) atoms. The molecule has 0 saturated carbocycles. The molecular formula is C14H11BrN2O4. The van der Waals surface area contributed by atoms with Crippen molar-refractivity contribution >= 4 is 33.2 Å². The lowest BCUT2D eigenvalue weighted by Crippen LogP contribution is -2.20. The van der Waals surface area contributed by atoms with E-state index in [2.05, 4.69) is 21.2 Å². The van der Waals surface area contributed by atoms with Crippen molar-refractivity contribution in [3.63, 3.8) is 0 Å². The fourth-order valence-electron chi connectivity index (χ4n) is 1.58. The number of carbonyl (C=O) groups excluding carboxylic acids is 1. The van der Waals surface area contributed by atoms with Crippen molar-refractivity contribution < 1.29 is 14.5 Å². The topological polar surface area (TPSA) is 81.5 Å². The molecule has 0 aliphatic rings. The van der Waals surface area contributed by atoms with Gasteiger partial charge in [-0.05, 0) is 30.3 Å². The lowest BCUT2D eigenvalue weighted by atomic mass is 10.3. The van der Waals surface area contributed by atoms with Gasteiger partial charge >= 0.3 is 0 Å². The molecule has 1 amide bonds. The van der Waals surface area contributed by atoms with E-state index in [1.807, 2.05) is 6.07 Å². The van der Waals surface area contributed by atoms with Crippen LogP contribution in [0.2, 0.25) is 0 Å². The minimum atomic E-state index is -0.496. The number of nitro benzene ring substituents is 1. The number of anilines is 1. The summed E-state index contributed by atoms with van der Waals surface area (Å²) in [7, 11) is 0. The van der Waals surface area contributed by atoms with Crippen molar-refractivity contribution in [2.24, 2.45) is 0 Å². The van der Waals surface area contributed by atoms with E-state index in [1.54, 1.807) is 18.2 Å². The lowest BCUT2D eigenvalue weighted by Gasteiger charge is -2.07. The smallest absolute Gasteiger partial charge is 0.269 e. The number of hydrogen-bond acceptors (Lipinski definition) is 4. The van der Waals surface area contributed by atoms with E-state index in [9.17, 15) is 14.9 Å². The molecule has 2 aromatic rings. The third-order valence-corrected chi connectivity index (χ3v) is 3.02. The van der Waals surface area contributed by atoms with Gasteiger partial charge in [0.05, 0.1) is 4.92 Å². The van der Waals surface area contributed by atoms with Crippen LogP contribution in [0.4, 0.5) is 11.4 Å². The highest BCUT2D eigenvalue weighted by atomic mass is 79.9. The van der Waals surface area contributed by atoms with Crippen LogP contribution in [0.15, 0.2) is 53.0 Å². The quantitative estimate of drug-likeness (QED) is 0.661. The molecule has 0 fully saturated rings.